The maximum absolute atomic E-state index is 11.9. The zero-order chi connectivity index (χ0) is 19.2. The first kappa shape index (κ1) is 18.5. The molecule has 0 bridgehead atoms. The van der Waals surface area contributed by atoms with E-state index >= 15 is 0 Å². The van der Waals surface area contributed by atoms with E-state index in [0.717, 1.165) is 22.9 Å². The van der Waals surface area contributed by atoms with Crippen LogP contribution in [0.15, 0.2) is 65.1 Å². The second-order valence-corrected chi connectivity index (χ2v) is 6.07. The molecule has 0 unspecified atom stereocenters. The van der Waals surface area contributed by atoms with Crippen LogP contribution in [0, 0.1) is 10.1 Å². The Bertz CT molecular complexity index is 935. The van der Waals surface area contributed by atoms with Crippen molar-refractivity contribution in [2.75, 3.05) is 0 Å². The van der Waals surface area contributed by atoms with Crippen molar-refractivity contribution in [3.8, 4) is 5.75 Å². The quantitative estimate of drug-likeness (QED) is 0.481. The molecule has 0 radical (unpaired) electrons. The Hall–Kier alpha value is -3.32. The van der Waals surface area contributed by atoms with Crippen LogP contribution in [0.3, 0.4) is 0 Å². The van der Waals surface area contributed by atoms with Crippen LogP contribution in [0.25, 0.3) is 0 Å². The molecule has 27 heavy (non-hydrogen) atoms. The Kier molecular flexibility index (Phi) is 5.73. The Labute approximate surface area is 159 Å². The van der Waals surface area contributed by atoms with Crippen LogP contribution >= 0.6 is 11.6 Å². The lowest BCUT2D eigenvalue weighted by molar-refractivity contribution is -0.402. The van der Waals surface area contributed by atoms with Crippen molar-refractivity contribution in [1.82, 2.24) is 5.32 Å². The number of hydrogen-bond donors (Lipinski definition) is 1. The van der Waals surface area contributed by atoms with Gasteiger partial charge in [-0.05, 0) is 41.5 Å². The normalized spacial score (nSPS) is 10.4. The van der Waals surface area contributed by atoms with E-state index in [0.29, 0.717) is 11.6 Å². The van der Waals surface area contributed by atoms with Gasteiger partial charge in [0, 0.05) is 11.6 Å². The molecule has 0 aliphatic heterocycles. The number of nitro groups is 1. The minimum atomic E-state index is -0.693. The summed E-state index contributed by atoms with van der Waals surface area (Å²) >= 11 is 5.83. The van der Waals surface area contributed by atoms with E-state index in [1.807, 2.05) is 24.3 Å². The van der Waals surface area contributed by atoms with E-state index in [9.17, 15) is 14.9 Å². The predicted molar refractivity (Wildman–Crippen MR) is 98.8 cm³/mol. The molecular weight excluding hydrogens is 372 g/mol. The second-order valence-electron chi connectivity index (χ2n) is 5.64. The lowest BCUT2D eigenvalue weighted by Crippen LogP contribution is -2.22. The molecule has 3 rings (SSSR count). The standard InChI is InChI=1S/C19H15ClN2O5/c20-15-5-7-16(8-6-15)26-12-14-3-1-13(2-4-14)11-21-19(23)17-9-10-18(27-17)22(24)25/h1-10H,11-12H2,(H,21,23). The topological polar surface area (TPSA) is 94.6 Å². The number of nitrogens with one attached hydrogen (secondary N) is 1. The Balaban J connectivity index is 1.50. The minimum absolute atomic E-state index is 0.102. The minimum Gasteiger partial charge on any atom is -0.489 e. The molecule has 1 amide bonds. The average molecular weight is 387 g/mol. The molecule has 2 aromatic carbocycles. The van der Waals surface area contributed by atoms with Crippen molar-refractivity contribution in [3.05, 3.63) is 92.7 Å². The number of halogens is 1. The van der Waals surface area contributed by atoms with Gasteiger partial charge in [-0.1, -0.05) is 35.9 Å². The van der Waals surface area contributed by atoms with Gasteiger partial charge in [0.25, 0.3) is 5.91 Å². The summed E-state index contributed by atoms with van der Waals surface area (Å²) in [6.45, 7) is 0.677. The van der Waals surface area contributed by atoms with Gasteiger partial charge in [-0.15, -0.1) is 0 Å². The number of amides is 1. The molecule has 0 fully saturated rings. The fraction of sp³-hybridized carbons (Fsp3) is 0.105. The molecule has 0 aliphatic carbocycles. The highest BCUT2D eigenvalue weighted by molar-refractivity contribution is 6.30. The SMILES string of the molecule is O=C(NCc1ccc(COc2ccc(Cl)cc2)cc1)c1ccc([N+](=O)[O-])o1. The summed E-state index contributed by atoms with van der Waals surface area (Å²) in [4.78, 5) is 21.8. The molecular formula is C19H15ClN2O5. The highest BCUT2D eigenvalue weighted by atomic mass is 35.5. The summed E-state index contributed by atoms with van der Waals surface area (Å²) in [5, 5.41) is 13.9. The summed E-state index contributed by atoms with van der Waals surface area (Å²) < 4.78 is 10.5. The van der Waals surface area contributed by atoms with Crippen molar-refractivity contribution in [3.63, 3.8) is 0 Å². The number of carbonyl (C=O) groups is 1. The van der Waals surface area contributed by atoms with E-state index in [1.54, 1.807) is 24.3 Å². The molecule has 1 heterocycles. The van der Waals surface area contributed by atoms with E-state index in [1.165, 1.54) is 6.07 Å². The fourth-order valence-corrected chi connectivity index (χ4v) is 2.39. The lowest BCUT2D eigenvalue weighted by atomic mass is 10.1. The largest absolute Gasteiger partial charge is 0.489 e. The third kappa shape index (κ3) is 5.08. The van der Waals surface area contributed by atoms with Crippen LogP contribution in [-0.4, -0.2) is 10.8 Å². The molecule has 0 aliphatic rings. The van der Waals surface area contributed by atoms with Gasteiger partial charge in [0.1, 0.15) is 17.3 Å². The van der Waals surface area contributed by atoms with Gasteiger partial charge >= 0.3 is 5.88 Å². The predicted octanol–water partition coefficient (Wildman–Crippen LogP) is 4.35. The fourth-order valence-electron chi connectivity index (χ4n) is 2.27. The van der Waals surface area contributed by atoms with Crippen molar-refractivity contribution < 1.29 is 18.9 Å². The molecule has 138 valence electrons. The Morgan fingerprint density at radius 3 is 2.33 bits per heavy atom. The van der Waals surface area contributed by atoms with Crippen LogP contribution in [0.5, 0.6) is 5.75 Å². The Morgan fingerprint density at radius 2 is 1.70 bits per heavy atom. The van der Waals surface area contributed by atoms with Crippen molar-refractivity contribution in [2.24, 2.45) is 0 Å². The summed E-state index contributed by atoms with van der Waals surface area (Å²) in [5.41, 5.74) is 1.85. The summed E-state index contributed by atoms with van der Waals surface area (Å²) in [6, 6.07) is 17.1. The van der Waals surface area contributed by atoms with Crippen molar-refractivity contribution in [2.45, 2.75) is 13.2 Å². The number of carbonyl (C=O) groups excluding carboxylic acids is 1. The molecule has 3 aromatic rings. The zero-order valence-corrected chi connectivity index (χ0v) is 14.8. The van der Waals surface area contributed by atoms with Gasteiger partial charge < -0.3 is 14.5 Å². The Morgan fingerprint density at radius 1 is 1.04 bits per heavy atom. The average Bonchev–Trinajstić information content (AvgIpc) is 3.17. The number of hydrogen-bond acceptors (Lipinski definition) is 5. The molecule has 0 saturated heterocycles. The number of benzene rings is 2. The molecule has 1 aromatic heterocycles. The number of furan rings is 1. The van der Waals surface area contributed by atoms with Crippen molar-refractivity contribution >= 4 is 23.4 Å². The van der Waals surface area contributed by atoms with Crippen LogP contribution in [0.4, 0.5) is 5.88 Å². The highest BCUT2D eigenvalue weighted by Gasteiger charge is 2.16. The first-order valence-electron chi connectivity index (χ1n) is 8.00. The molecule has 0 atom stereocenters. The first-order valence-corrected chi connectivity index (χ1v) is 8.37. The van der Waals surface area contributed by atoms with Crippen LogP contribution in [0.1, 0.15) is 21.7 Å². The molecule has 8 heteroatoms. The summed E-state index contributed by atoms with van der Waals surface area (Å²) in [5.74, 6) is -0.360. The number of rotatable bonds is 7. The van der Waals surface area contributed by atoms with Gasteiger partial charge in [0.2, 0.25) is 0 Å². The lowest BCUT2D eigenvalue weighted by Gasteiger charge is -2.08. The van der Waals surface area contributed by atoms with Crippen LogP contribution in [-0.2, 0) is 13.2 Å². The third-order valence-electron chi connectivity index (χ3n) is 3.69. The summed E-state index contributed by atoms with van der Waals surface area (Å²) in [7, 11) is 0. The van der Waals surface area contributed by atoms with E-state index < -0.39 is 16.7 Å². The van der Waals surface area contributed by atoms with Gasteiger partial charge in [-0.3, -0.25) is 14.9 Å². The maximum Gasteiger partial charge on any atom is 0.433 e. The van der Waals surface area contributed by atoms with Gasteiger partial charge in [0.05, 0.1) is 6.07 Å². The molecule has 1 N–H and O–H groups in total. The van der Waals surface area contributed by atoms with Gasteiger partial charge in [-0.2, -0.15) is 0 Å². The van der Waals surface area contributed by atoms with Crippen LogP contribution < -0.4 is 10.1 Å². The summed E-state index contributed by atoms with van der Waals surface area (Å²) in [6.07, 6.45) is 0. The van der Waals surface area contributed by atoms with Gasteiger partial charge in [0.15, 0.2) is 5.76 Å². The zero-order valence-electron chi connectivity index (χ0n) is 14.1. The van der Waals surface area contributed by atoms with Gasteiger partial charge in [-0.25, -0.2) is 0 Å². The molecule has 7 nitrogen and oxygen atoms in total. The molecule has 0 spiro atoms. The van der Waals surface area contributed by atoms with Crippen molar-refractivity contribution in [1.29, 1.82) is 0 Å². The van der Waals surface area contributed by atoms with E-state index in [-0.39, 0.29) is 12.3 Å². The second kappa shape index (κ2) is 8.37. The highest BCUT2D eigenvalue weighted by Crippen LogP contribution is 2.18. The monoisotopic (exact) mass is 386 g/mol. The van der Waals surface area contributed by atoms with Crippen LogP contribution in [0.2, 0.25) is 5.02 Å². The third-order valence-corrected chi connectivity index (χ3v) is 3.94. The van der Waals surface area contributed by atoms with E-state index in [2.05, 4.69) is 5.32 Å². The number of nitrogens with zero attached hydrogens (tertiary/aromatic N) is 1. The maximum atomic E-state index is 11.9. The van der Waals surface area contributed by atoms with E-state index in [4.69, 9.17) is 20.8 Å². The smallest absolute Gasteiger partial charge is 0.433 e. The molecule has 0 saturated carbocycles. The first-order chi connectivity index (χ1) is 13.0. The number of ether oxygens (including phenoxy) is 1.